The van der Waals surface area contributed by atoms with Gasteiger partial charge in [0, 0.05) is 13.0 Å². The Labute approximate surface area is 450 Å². The van der Waals surface area contributed by atoms with Gasteiger partial charge >= 0.3 is 16.4 Å². The van der Waals surface area contributed by atoms with Crippen LogP contribution in [0.3, 0.4) is 0 Å². The summed E-state index contributed by atoms with van der Waals surface area (Å²) in [7, 11) is -5.08. The fourth-order valence-electron chi connectivity index (χ4n) is 8.35. The van der Waals surface area contributed by atoms with Crippen molar-refractivity contribution in [1.82, 2.24) is 0 Å². The fourth-order valence-corrected chi connectivity index (χ4v) is 8.86. The third kappa shape index (κ3) is 43.2. The molecule has 13 heteroatoms. The molecule has 0 spiro atoms. The number of hydrogen-bond donors (Lipinski definition) is 4. The molecule has 6 atom stereocenters. The number of ether oxygens (including phenoxy) is 4. The molecule has 1 rings (SSSR count). The van der Waals surface area contributed by atoms with Crippen molar-refractivity contribution >= 4 is 16.4 Å². The number of hydrogen-bond acceptors (Lipinski definition) is 11. The summed E-state index contributed by atoms with van der Waals surface area (Å²) in [6.07, 6.45) is 61.5. The number of aliphatic hydroxyl groups excluding tert-OH is 3. The maximum absolute atomic E-state index is 13.0. The molecule has 1 aliphatic rings. The molecular formula is C61H104O12S. The molecule has 0 aromatic heterocycles. The predicted octanol–water partition coefficient (Wildman–Crippen LogP) is 14.5. The van der Waals surface area contributed by atoms with Gasteiger partial charge in [-0.25, -0.2) is 4.18 Å². The lowest BCUT2D eigenvalue weighted by Crippen LogP contribution is -2.60. The van der Waals surface area contributed by atoms with E-state index < -0.39 is 59.8 Å². The van der Waals surface area contributed by atoms with Crippen LogP contribution in [0.15, 0.2) is 97.2 Å². The lowest BCUT2D eigenvalue weighted by molar-refractivity contribution is -0.301. The van der Waals surface area contributed by atoms with Crippen molar-refractivity contribution in [2.45, 2.75) is 256 Å². The molecule has 0 amide bonds. The molecule has 12 nitrogen and oxygen atoms in total. The molecule has 0 radical (unpaired) electrons. The summed E-state index contributed by atoms with van der Waals surface area (Å²) in [5.41, 5.74) is 0. The van der Waals surface area contributed by atoms with Gasteiger partial charge < -0.3 is 34.3 Å². The van der Waals surface area contributed by atoms with Crippen molar-refractivity contribution in [3.8, 4) is 0 Å². The van der Waals surface area contributed by atoms with Crippen LogP contribution < -0.4 is 0 Å². The van der Waals surface area contributed by atoms with Gasteiger partial charge in [-0.05, 0) is 96.3 Å². The van der Waals surface area contributed by atoms with Crippen molar-refractivity contribution in [1.29, 1.82) is 0 Å². The minimum Gasteiger partial charge on any atom is -0.457 e. The number of carbonyl (C=O) groups excluding carboxylic acids is 1. The second kappa shape index (κ2) is 50.8. The summed E-state index contributed by atoms with van der Waals surface area (Å²) in [6.45, 7) is 3.83. The Morgan fingerprint density at radius 3 is 1.36 bits per heavy atom. The SMILES string of the molecule is CC/C=C\C/C=C\C/C=C\C/C=C\C/C=C\C/C=C\CCCCCCCOCC(COC1OC(CO)C(O)C(OS(=O)(=O)O)C1O)OC(=O)CCCCCCCCCCCCC/C=C\C/C=C\CCCCCCC. The maximum Gasteiger partial charge on any atom is 0.397 e. The van der Waals surface area contributed by atoms with Gasteiger partial charge in [0.25, 0.3) is 0 Å². The molecule has 0 aromatic rings. The van der Waals surface area contributed by atoms with Crippen molar-refractivity contribution < 1.29 is 56.2 Å². The highest BCUT2D eigenvalue weighted by atomic mass is 32.3. The van der Waals surface area contributed by atoms with E-state index in [1.54, 1.807) is 0 Å². The zero-order valence-corrected chi connectivity index (χ0v) is 46.9. The van der Waals surface area contributed by atoms with Gasteiger partial charge in [0.15, 0.2) is 6.29 Å². The number of carbonyl (C=O) groups is 1. The molecule has 1 aliphatic heterocycles. The minimum atomic E-state index is -5.08. The zero-order valence-electron chi connectivity index (χ0n) is 46.1. The summed E-state index contributed by atoms with van der Waals surface area (Å²) in [4.78, 5) is 13.0. The predicted molar refractivity (Wildman–Crippen MR) is 303 cm³/mol. The summed E-state index contributed by atoms with van der Waals surface area (Å²) in [6, 6.07) is 0. The third-order valence-electron chi connectivity index (χ3n) is 12.7. The molecule has 0 saturated carbocycles. The number of aliphatic hydroxyl groups is 3. The van der Waals surface area contributed by atoms with Gasteiger partial charge in [-0.3, -0.25) is 9.35 Å². The Balaban J connectivity index is 2.33. The van der Waals surface area contributed by atoms with E-state index in [9.17, 15) is 33.1 Å². The van der Waals surface area contributed by atoms with Gasteiger partial charge in [0.1, 0.15) is 30.5 Å². The number of esters is 1. The first kappa shape index (κ1) is 69.0. The van der Waals surface area contributed by atoms with E-state index in [1.807, 2.05) is 0 Å². The lowest BCUT2D eigenvalue weighted by atomic mass is 9.99. The number of rotatable bonds is 50. The molecule has 0 bridgehead atoms. The fraction of sp³-hybridized carbons (Fsp3) is 0.721. The van der Waals surface area contributed by atoms with Crippen LogP contribution >= 0.6 is 0 Å². The molecule has 1 fully saturated rings. The van der Waals surface area contributed by atoms with Crippen LogP contribution in [-0.4, -0.2) is 97.5 Å². The van der Waals surface area contributed by atoms with E-state index in [2.05, 4.69) is 115 Å². The minimum absolute atomic E-state index is 0.0164. The lowest BCUT2D eigenvalue weighted by Gasteiger charge is -2.41. The third-order valence-corrected chi connectivity index (χ3v) is 13.2. The van der Waals surface area contributed by atoms with Gasteiger partial charge in [-0.15, -0.1) is 0 Å². The Kier molecular flexibility index (Phi) is 47.4. The maximum atomic E-state index is 13.0. The normalized spacial score (nSPS) is 19.5. The van der Waals surface area contributed by atoms with Crippen LogP contribution in [0.5, 0.6) is 0 Å². The molecule has 0 aromatic carbocycles. The van der Waals surface area contributed by atoms with Crippen LogP contribution in [0.2, 0.25) is 0 Å². The van der Waals surface area contributed by atoms with E-state index in [1.165, 1.54) is 89.9 Å². The molecule has 1 saturated heterocycles. The molecule has 6 unspecified atom stereocenters. The van der Waals surface area contributed by atoms with Crippen LogP contribution in [0.4, 0.5) is 0 Å². The Morgan fingerprint density at radius 2 is 0.932 bits per heavy atom. The highest BCUT2D eigenvalue weighted by Gasteiger charge is 2.48. The van der Waals surface area contributed by atoms with Crippen molar-refractivity contribution in [3.63, 3.8) is 0 Å². The van der Waals surface area contributed by atoms with Gasteiger partial charge in [0.2, 0.25) is 0 Å². The Morgan fingerprint density at radius 1 is 0.527 bits per heavy atom. The second-order valence-electron chi connectivity index (χ2n) is 19.5. The van der Waals surface area contributed by atoms with Crippen LogP contribution in [-0.2, 0) is 38.3 Å². The molecule has 74 heavy (non-hydrogen) atoms. The average Bonchev–Trinajstić information content (AvgIpc) is 3.38. The number of allylic oxidation sites excluding steroid dienone is 16. The van der Waals surface area contributed by atoms with E-state index in [4.69, 9.17) is 18.9 Å². The summed E-state index contributed by atoms with van der Waals surface area (Å²) in [5.74, 6) is -0.411. The summed E-state index contributed by atoms with van der Waals surface area (Å²) >= 11 is 0. The number of unbranched alkanes of at least 4 members (excludes halogenated alkanes) is 21. The smallest absolute Gasteiger partial charge is 0.397 e. The monoisotopic (exact) mass is 1060 g/mol. The van der Waals surface area contributed by atoms with Gasteiger partial charge in [-0.2, -0.15) is 8.42 Å². The van der Waals surface area contributed by atoms with E-state index in [-0.39, 0.29) is 19.6 Å². The van der Waals surface area contributed by atoms with Gasteiger partial charge in [0.05, 0.1) is 19.8 Å². The second-order valence-corrected chi connectivity index (χ2v) is 20.5. The highest BCUT2D eigenvalue weighted by molar-refractivity contribution is 7.80. The largest absolute Gasteiger partial charge is 0.457 e. The van der Waals surface area contributed by atoms with Crippen molar-refractivity contribution in [2.75, 3.05) is 26.4 Å². The topological polar surface area (TPSA) is 178 Å². The molecular weight excluding hydrogens is 957 g/mol. The van der Waals surface area contributed by atoms with E-state index in [0.717, 1.165) is 103 Å². The summed E-state index contributed by atoms with van der Waals surface area (Å²) < 4.78 is 59.4. The van der Waals surface area contributed by atoms with Crippen LogP contribution in [0.1, 0.15) is 219 Å². The molecule has 426 valence electrons. The zero-order chi connectivity index (χ0) is 53.8. The van der Waals surface area contributed by atoms with Crippen molar-refractivity contribution in [3.05, 3.63) is 97.2 Å². The summed E-state index contributed by atoms with van der Waals surface area (Å²) in [5, 5.41) is 30.9. The highest BCUT2D eigenvalue weighted by Crippen LogP contribution is 2.26. The van der Waals surface area contributed by atoms with Crippen LogP contribution in [0, 0.1) is 0 Å². The molecule has 4 N–H and O–H groups in total. The van der Waals surface area contributed by atoms with E-state index >= 15 is 0 Å². The first-order chi connectivity index (χ1) is 36.1. The Hall–Kier alpha value is -2.98. The molecule has 0 aliphatic carbocycles. The quantitative estimate of drug-likeness (QED) is 0.0196. The first-order valence-electron chi connectivity index (χ1n) is 29.0. The van der Waals surface area contributed by atoms with Gasteiger partial charge in [-0.1, -0.05) is 214 Å². The van der Waals surface area contributed by atoms with Crippen molar-refractivity contribution in [2.24, 2.45) is 0 Å². The Bertz CT molecular complexity index is 1650. The first-order valence-corrected chi connectivity index (χ1v) is 30.4. The average molecular weight is 1060 g/mol. The van der Waals surface area contributed by atoms with Crippen LogP contribution in [0.25, 0.3) is 0 Å². The standard InChI is InChI=1S/C61H104O12S/c1-3-5-7-9-11-13-15-17-19-21-23-25-27-29-31-33-35-37-39-41-43-45-47-49-51-69-53-55(54-70-61-59(65)60(73-74(66,67)68)58(64)56(52-62)72-61)71-57(63)50-48-46-44-42-40-38-36-34-32-30-28-26-24-22-20-18-16-14-12-10-8-6-4-2/h5,7,11,13,16-19,22-25,29,31,35,37,55-56,58-62,64-65H,3-4,6,8-10,12,14-15,20-21,26-28,30,32-34,36,38-54H2,1-2H3,(H,66,67,68)/b7-5-,13-11-,18-16-,19-17-,24-22-,25-23-,31-29-,37-35-. The van der Waals surface area contributed by atoms with E-state index in [0.29, 0.717) is 13.0 Å². The molecule has 1 heterocycles.